The van der Waals surface area contributed by atoms with Gasteiger partial charge >= 0.3 is 0 Å². The van der Waals surface area contributed by atoms with Gasteiger partial charge in [-0.25, -0.2) is 4.39 Å². The van der Waals surface area contributed by atoms with Gasteiger partial charge < -0.3 is 10.1 Å². The summed E-state index contributed by atoms with van der Waals surface area (Å²) in [6.07, 6.45) is 0. The van der Waals surface area contributed by atoms with E-state index in [1.54, 1.807) is 24.3 Å². The molecular formula is C19H14ClFN4O4. The predicted octanol–water partition coefficient (Wildman–Crippen LogP) is 3.65. The number of aromatic nitrogens is 2. The summed E-state index contributed by atoms with van der Waals surface area (Å²) < 4.78 is 18.4. The molecule has 148 valence electrons. The van der Waals surface area contributed by atoms with Crippen LogP contribution in [-0.4, -0.2) is 34.2 Å². The minimum Gasteiger partial charge on any atom is -0.475 e. The first-order valence-corrected chi connectivity index (χ1v) is 8.76. The van der Waals surface area contributed by atoms with E-state index in [0.717, 1.165) is 11.6 Å². The van der Waals surface area contributed by atoms with Crippen LogP contribution >= 0.6 is 11.6 Å². The van der Waals surface area contributed by atoms with E-state index < -0.39 is 10.8 Å². The maximum atomic E-state index is 13.0. The third kappa shape index (κ3) is 5.23. The topological polar surface area (TPSA) is 107 Å². The van der Waals surface area contributed by atoms with Crippen molar-refractivity contribution in [2.45, 2.75) is 0 Å². The Balaban J connectivity index is 1.49. The Bertz CT molecular complexity index is 1030. The second-order valence-corrected chi connectivity index (χ2v) is 6.20. The number of non-ortho nitro benzene ring substituents is 1. The molecule has 1 amide bonds. The Kier molecular flexibility index (Phi) is 6.30. The number of ether oxygens (including phenoxy) is 1. The Morgan fingerprint density at radius 2 is 1.90 bits per heavy atom. The van der Waals surface area contributed by atoms with E-state index in [2.05, 4.69) is 15.5 Å². The molecular weight excluding hydrogens is 403 g/mol. The summed E-state index contributed by atoms with van der Waals surface area (Å²) in [4.78, 5) is 22.2. The van der Waals surface area contributed by atoms with Crippen molar-refractivity contribution in [2.24, 2.45) is 0 Å². The van der Waals surface area contributed by atoms with Crippen LogP contribution in [0.15, 0.2) is 54.6 Å². The van der Waals surface area contributed by atoms with Crippen LogP contribution in [0.25, 0.3) is 11.3 Å². The quantitative estimate of drug-likeness (QED) is 0.358. The van der Waals surface area contributed by atoms with Crippen molar-refractivity contribution in [2.75, 3.05) is 13.2 Å². The highest BCUT2D eigenvalue weighted by Crippen LogP contribution is 2.22. The van der Waals surface area contributed by atoms with E-state index in [-0.39, 0.29) is 41.1 Å². The predicted molar refractivity (Wildman–Crippen MR) is 103 cm³/mol. The molecule has 8 nitrogen and oxygen atoms in total. The third-order valence-corrected chi connectivity index (χ3v) is 4.14. The molecule has 1 aromatic heterocycles. The van der Waals surface area contributed by atoms with Crippen LogP contribution in [0.1, 0.15) is 10.4 Å². The van der Waals surface area contributed by atoms with Crippen molar-refractivity contribution in [3.63, 3.8) is 0 Å². The zero-order valence-electron chi connectivity index (χ0n) is 14.8. The lowest BCUT2D eigenvalue weighted by Crippen LogP contribution is -2.28. The van der Waals surface area contributed by atoms with E-state index >= 15 is 0 Å². The zero-order chi connectivity index (χ0) is 20.8. The van der Waals surface area contributed by atoms with Crippen LogP contribution in [0.4, 0.5) is 10.1 Å². The molecule has 0 aliphatic rings. The van der Waals surface area contributed by atoms with E-state index in [0.29, 0.717) is 5.69 Å². The SMILES string of the molecule is O=C(NCCOc1ccc(-c2ccc(F)cc2)nn1)c1ccc([N+](=O)[O-])cc1Cl. The van der Waals surface area contributed by atoms with Crippen molar-refractivity contribution in [3.8, 4) is 17.1 Å². The number of hydrogen-bond acceptors (Lipinski definition) is 6. The number of nitrogens with zero attached hydrogens (tertiary/aromatic N) is 3. The van der Waals surface area contributed by atoms with E-state index in [1.165, 1.54) is 24.3 Å². The van der Waals surface area contributed by atoms with Gasteiger partial charge in [0.1, 0.15) is 12.4 Å². The van der Waals surface area contributed by atoms with Gasteiger partial charge in [0.05, 0.1) is 27.7 Å². The van der Waals surface area contributed by atoms with E-state index in [4.69, 9.17) is 16.3 Å². The molecule has 0 unspecified atom stereocenters. The minimum absolute atomic E-state index is 0.0140. The monoisotopic (exact) mass is 416 g/mol. The van der Waals surface area contributed by atoms with Crippen LogP contribution in [0, 0.1) is 15.9 Å². The van der Waals surface area contributed by atoms with Crippen LogP contribution in [0.2, 0.25) is 5.02 Å². The van der Waals surface area contributed by atoms with Gasteiger partial charge in [0.2, 0.25) is 5.88 Å². The molecule has 0 bridgehead atoms. The summed E-state index contributed by atoms with van der Waals surface area (Å²) in [6, 6.07) is 12.8. The van der Waals surface area contributed by atoms with Gasteiger partial charge in [-0.15, -0.1) is 10.2 Å². The van der Waals surface area contributed by atoms with Gasteiger partial charge in [-0.1, -0.05) is 11.6 Å². The summed E-state index contributed by atoms with van der Waals surface area (Å²) in [5.74, 6) is -0.552. The first-order chi connectivity index (χ1) is 13.9. The lowest BCUT2D eigenvalue weighted by Gasteiger charge is -2.08. The molecule has 1 heterocycles. The second kappa shape index (κ2) is 9.07. The Morgan fingerprint density at radius 1 is 1.14 bits per heavy atom. The number of carbonyl (C=O) groups excluding carboxylic acids is 1. The number of nitro groups is 1. The molecule has 3 aromatic rings. The molecule has 0 spiro atoms. The fourth-order valence-corrected chi connectivity index (χ4v) is 2.65. The summed E-state index contributed by atoms with van der Waals surface area (Å²) >= 11 is 5.92. The van der Waals surface area contributed by atoms with Crippen molar-refractivity contribution in [1.29, 1.82) is 0 Å². The van der Waals surface area contributed by atoms with Crippen LogP contribution in [0.5, 0.6) is 5.88 Å². The van der Waals surface area contributed by atoms with Crippen LogP contribution < -0.4 is 10.1 Å². The molecule has 0 fully saturated rings. The van der Waals surface area contributed by atoms with Crippen molar-refractivity contribution < 1.29 is 18.8 Å². The minimum atomic E-state index is -0.593. The number of rotatable bonds is 7. The average molecular weight is 417 g/mol. The molecule has 0 aliphatic carbocycles. The Morgan fingerprint density at radius 3 is 2.52 bits per heavy atom. The fourth-order valence-electron chi connectivity index (χ4n) is 2.39. The lowest BCUT2D eigenvalue weighted by molar-refractivity contribution is -0.384. The highest BCUT2D eigenvalue weighted by atomic mass is 35.5. The smallest absolute Gasteiger partial charge is 0.270 e. The molecule has 0 aliphatic heterocycles. The van der Waals surface area contributed by atoms with Gasteiger partial charge in [0, 0.05) is 23.8 Å². The summed E-state index contributed by atoms with van der Waals surface area (Å²) in [7, 11) is 0. The fraction of sp³-hybridized carbons (Fsp3) is 0.105. The normalized spacial score (nSPS) is 10.4. The van der Waals surface area contributed by atoms with Gasteiger partial charge in [-0.2, -0.15) is 0 Å². The highest BCUT2D eigenvalue weighted by Gasteiger charge is 2.14. The van der Waals surface area contributed by atoms with E-state index in [9.17, 15) is 19.3 Å². The van der Waals surface area contributed by atoms with Gasteiger partial charge in [-0.3, -0.25) is 14.9 Å². The summed E-state index contributed by atoms with van der Waals surface area (Å²) in [6.45, 7) is 0.286. The van der Waals surface area contributed by atoms with Crippen molar-refractivity contribution >= 4 is 23.2 Å². The molecule has 2 aromatic carbocycles. The summed E-state index contributed by atoms with van der Waals surface area (Å²) in [5.41, 5.74) is 1.22. The first-order valence-electron chi connectivity index (χ1n) is 8.38. The highest BCUT2D eigenvalue weighted by molar-refractivity contribution is 6.34. The van der Waals surface area contributed by atoms with Gasteiger partial charge in [-0.05, 0) is 36.4 Å². The molecule has 29 heavy (non-hydrogen) atoms. The number of carbonyl (C=O) groups is 1. The molecule has 3 rings (SSSR count). The van der Waals surface area contributed by atoms with Gasteiger partial charge in [0.15, 0.2) is 0 Å². The average Bonchev–Trinajstić information content (AvgIpc) is 2.72. The van der Waals surface area contributed by atoms with Crippen LogP contribution in [-0.2, 0) is 0 Å². The van der Waals surface area contributed by atoms with Crippen molar-refractivity contribution in [1.82, 2.24) is 15.5 Å². The number of nitro benzene ring substituents is 1. The van der Waals surface area contributed by atoms with Crippen LogP contribution in [0.3, 0.4) is 0 Å². The molecule has 10 heteroatoms. The lowest BCUT2D eigenvalue weighted by atomic mass is 10.1. The largest absolute Gasteiger partial charge is 0.475 e. The second-order valence-electron chi connectivity index (χ2n) is 5.79. The third-order valence-electron chi connectivity index (χ3n) is 3.83. The Hall–Kier alpha value is -3.59. The summed E-state index contributed by atoms with van der Waals surface area (Å²) in [5, 5.41) is 21.2. The van der Waals surface area contributed by atoms with Gasteiger partial charge in [0.25, 0.3) is 11.6 Å². The molecule has 0 radical (unpaired) electrons. The zero-order valence-corrected chi connectivity index (χ0v) is 15.6. The number of halogens is 2. The molecule has 0 saturated heterocycles. The molecule has 0 atom stereocenters. The number of benzene rings is 2. The maximum absolute atomic E-state index is 13.0. The molecule has 0 saturated carbocycles. The first kappa shape index (κ1) is 20.2. The number of hydrogen-bond donors (Lipinski definition) is 1. The maximum Gasteiger partial charge on any atom is 0.270 e. The van der Waals surface area contributed by atoms with Crippen molar-refractivity contribution in [3.05, 3.63) is 81.1 Å². The standard InChI is InChI=1S/C19H14ClFN4O4/c20-16-11-14(25(27)28)5-6-15(16)19(26)22-9-10-29-18-8-7-17(23-24-18)12-1-3-13(21)4-2-12/h1-8,11H,9-10H2,(H,22,26). The molecule has 1 N–H and O–H groups in total. The van der Waals surface area contributed by atoms with E-state index in [1.807, 2.05) is 0 Å². The Labute approximate surface area is 169 Å². The number of amides is 1. The number of nitrogens with one attached hydrogen (secondary N) is 1.